The summed E-state index contributed by atoms with van der Waals surface area (Å²) in [6.45, 7) is 8.47. The number of ether oxygens (including phenoxy) is 1. The molecule has 2 aromatic carbocycles. The number of rotatable bonds is 10. The molecule has 172 valence electrons. The maximum Gasteiger partial charge on any atom is 0.255 e. The van der Waals surface area contributed by atoms with E-state index >= 15 is 0 Å². The first-order valence-electron chi connectivity index (χ1n) is 10.9. The van der Waals surface area contributed by atoms with Crippen LogP contribution in [-0.4, -0.2) is 37.4 Å². The van der Waals surface area contributed by atoms with Gasteiger partial charge in [0.1, 0.15) is 11.8 Å². The van der Waals surface area contributed by atoms with Gasteiger partial charge in [0, 0.05) is 12.1 Å². The number of carbonyl (C=O) groups is 3. The van der Waals surface area contributed by atoms with E-state index in [-0.39, 0.29) is 17.7 Å². The van der Waals surface area contributed by atoms with Crippen molar-refractivity contribution in [2.45, 2.75) is 40.2 Å². The summed E-state index contributed by atoms with van der Waals surface area (Å²) in [5.74, 6) is -0.0655. The van der Waals surface area contributed by atoms with Crippen LogP contribution in [0, 0.1) is 11.8 Å². The summed E-state index contributed by atoms with van der Waals surface area (Å²) in [7, 11) is 1.56. The zero-order valence-electron chi connectivity index (χ0n) is 19.4. The lowest BCUT2D eigenvalue weighted by Gasteiger charge is -2.24. The summed E-state index contributed by atoms with van der Waals surface area (Å²) < 4.78 is 5.12. The molecule has 0 aliphatic carbocycles. The highest BCUT2D eigenvalue weighted by Crippen LogP contribution is 2.19. The lowest BCUT2D eigenvalue weighted by atomic mass is 9.97. The van der Waals surface area contributed by atoms with Gasteiger partial charge in [-0.1, -0.05) is 46.2 Å². The molecule has 0 saturated heterocycles. The third kappa shape index (κ3) is 6.83. The molecule has 0 aliphatic rings. The fourth-order valence-corrected chi connectivity index (χ4v) is 3.06. The van der Waals surface area contributed by atoms with Crippen molar-refractivity contribution in [3.63, 3.8) is 0 Å². The number of hydrogen-bond acceptors (Lipinski definition) is 4. The minimum absolute atomic E-state index is 0.0489. The molecule has 7 nitrogen and oxygen atoms in total. The van der Waals surface area contributed by atoms with Crippen molar-refractivity contribution in [3.05, 3.63) is 59.7 Å². The highest BCUT2D eigenvalue weighted by molar-refractivity contribution is 6.09. The van der Waals surface area contributed by atoms with E-state index in [1.807, 2.05) is 27.7 Å². The molecule has 0 aliphatic heterocycles. The zero-order chi connectivity index (χ0) is 23.7. The molecule has 0 bridgehead atoms. The van der Waals surface area contributed by atoms with E-state index in [0.29, 0.717) is 35.0 Å². The van der Waals surface area contributed by atoms with E-state index in [0.717, 1.165) is 6.42 Å². The minimum Gasteiger partial charge on any atom is -0.497 e. The summed E-state index contributed by atoms with van der Waals surface area (Å²) in [6, 6.07) is 12.8. The van der Waals surface area contributed by atoms with Crippen LogP contribution in [0.4, 0.5) is 5.69 Å². The molecule has 0 spiro atoms. The molecule has 7 heteroatoms. The second-order valence-electron chi connectivity index (χ2n) is 8.20. The van der Waals surface area contributed by atoms with Crippen LogP contribution in [0.25, 0.3) is 0 Å². The van der Waals surface area contributed by atoms with Crippen molar-refractivity contribution in [2.24, 2.45) is 11.8 Å². The van der Waals surface area contributed by atoms with Crippen LogP contribution >= 0.6 is 0 Å². The maximum absolute atomic E-state index is 13.1. The van der Waals surface area contributed by atoms with Crippen LogP contribution in [-0.2, 0) is 4.79 Å². The number of hydrogen-bond donors (Lipinski definition) is 3. The first-order chi connectivity index (χ1) is 15.3. The van der Waals surface area contributed by atoms with Gasteiger partial charge in [-0.25, -0.2) is 0 Å². The van der Waals surface area contributed by atoms with E-state index in [2.05, 4.69) is 16.0 Å². The second-order valence-corrected chi connectivity index (χ2v) is 8.20. The molecule has 0 aromatic heterocycles. The van der Waals surface area contributed by atoms with Gasteiger partial charge in [-0.05, 0) is 48.2 Å². The number of amides is 3. The monoisotopic (exact) mass is 439 g/mol. The molecule has 3 N–H and O–H groups in total. The Morgan fingerprint density at radius 2 is 1.59 bits per heavy atom. The van der Waals surface area contributed by atoms with Crippen LogP contribution in [0.3, 0.4) is 0 Å². The average molecular weight is 440 g/mol. The number of para-hydroxylation sites is 1. The molecule has 0 heterocycles. The normalized spacial score (nSPS) is 12.6. The van der Waals surface area contributed by atoms with E-state index < -0.39 is 11.9 Å². The minimum atomic E-state index is -0.670. The number of nitrogens with one attached hydrogen (secondary N) is 3. The predicted octanol–water partition coefficient (Wildman–Crippen LogP) is 3.86. The van der Waals surface area contributed by atoms with Gasteiger partial charge in [0.25, 0.3) is 11.8 Å². The van der Waals surface area contributed by atoms with Gasteiger partial charge in [-0.2, -0.15) is 0 Å². The number of benzene rings is 2. The fraction of sp³-hybridized carbons (Fsp3) is 0.400. The van der Waals surface area contributed by atoms with Crippen molar-refractivity contribution in [3.8, 4) is 5.75 Å². The molecule has 0 fully saturated rings. The highest BCUT2D eigenvalue weighted by atomic mass is 16.5. The summed E-state index contributed by atoms with van der Waals surface area (Å²) >= 11 is 0. The molecule has 2 rings (SSSR count). The Kier molecular flexibility index (Phi) is 9.25. The third-order valence-corrected chi connectivity index (χ3v) is 5.24. The third-order valence-electron chi connectivity index (χ3n) is 5.24. The van der Waals surface area contributed by atoms with E-state index in [9.17, 15) is 14.4 Å². The quantitative estimate of drug-likeness (QED) is 0.524. The molecular weight excluding hydrogens is 406 g/mol. The van der Waals surface area contributed by atoms with E-state index in [1.54, 1.807) is 55.6 Å². The van der Waals surface area contributed by atoms with Gasteiger partial charge in [0.05, 0.1) is 18.4 Å². The second kappa shape index (κ2) is 11.9. The van der Waals surface area contributed by atoms with Crippen LogP contribution in [0.2, 0.25) is 0 Å². The van der Waals surface area contributed by atoms with Gasteiger partial charge < -0.3 is 20.7 Å². The summed E-state index contributed by atoms with van der Waals surface area (Å²) in [6.07, 6.45) is 0.732. The van der Waals surface area contributed by atoms with Crippen molar-refractivity contribution >= 4 is 23.4 Å². The van der Waals surface area contributed by atoms with E-state index in [1.165, 1.54) is 0 Å². The predicted molar refractivity (Wildman–Crippen MR) is 126 cm³/mol. The first kappa shape index (κ1) is 24.9. The number of carbonyl (C=O) groups excluding carboxylic acids is 3. The van der Waals surface area contributed by atoms with Gasteiger partial charge in [0.2, 0.25) is 5.91 Å². The average Bonchev–Trinajstić information content (AvgIpc) is 2.80. The Hall–Kier alpha value is -3.35. The van der Waals surface area contributed by atoms with Crippen LogP contribution < -0.4 is 20.7 Å². The Bertz CT molecular complexity index is 925. The Labute approximate surface area is 189 Å². The molecule has 0 saturated carbocycles. The summed E-state index contributed by atoms with van der Waals surface area (Å²) in [5, 5.41) is 8.55. The fourth-order valence-electron chi connectivity index (χ4n) is 3.06. The Balaban J connectivity index is 2.18. The van der Waals surface area contributed by atoms with Gasteiger partial charge in [-0.15, -0.1) is 0 Å². The molecule has 2 unspecified atom stereocenters. The van der Waals surface area contributed by atoms with Crippen LogP contribution in [0.5, 0.6) is 5.75 Å². The molecule has 3 amide bonds. The maximum atomic E-state index is 13.1. The first-order valence-corrected chi connectivity index (χ1v) is 10.9. The number of methoxy groups -OCH3 is 1. The van der Waals surface area contributed by atoms with Crippen LogP contribution in [0.15, 0.2) is 48.5 Å². The van der Waals surface area contributed by atoms with Crippen molar-refractivity contribution in [2.75, 3.05) is 19.0 Å². The van der Waals surface area contributed by atoms with Crippen molar-refractivity contribution in [1.29, 1.82) is 0 Å². The smallest absolute Gasteiger partial charge is 0.255 e. The van der Waals surface area contributed by atoms with Crippen molar-refractivity contribution in [1.82, 2.24) is 10.6 Å². The lowest BCUT2D eigenvalue weighted by Crippen LogP contribution is -2.50. The van der Waals surface area contributed by atoms with Gasteiger partial charge in [0.15, 0.2) is 0 Å². The van der Waals surface area contributed by atoms with E-state index in [4.69, 9.17) is 4.74 Å². The molecule has 2 aromatic rings. The molecule has 2 atom stereocenters. The van der Waals surface area contributed by atoms with Crippen molar-refractivity contribution < 1.29 is 19.1 Å². The Morgan fingerprint density at radius 3 is 2.19 bits per heavy atom. The SMILES string of the molecule is CCC(C)C(NC(=O)c1ccccc1NC(=O)c1ccc(OC)cc1)C(=O)NCC(C)C. The zero-order valence-corrected chi connectivity index (χ0v) is 19.4. The standard InChI is InChI=1S/C25H33N3O4/c1-6-17(4)22(25(31)26-15-16(2)3)28-24(30)20-9-7-8-10-21(20)27-23(29)18-11-13-19(32-5)14-12-18/h7-14,16-17,22H,6,15H2,1-5H3,(H,26,31)(H,27,29)(H,28,30). The highest BCUT2D eigenvalue weighted by Gasteiger charge is 2.27. The largest absolute Gasteiger partial charge is 0.497 e. The molecular formula is C25H33N3O4. The Morgan fingerprint density at radius 1 is 0.938 bits per heavy atom. The molecule has 0 radical (unpaired) electrons. The topological polar surface area (TPSA) is 96.5 Å². The van der Waals surface area contributed by atoms with Gasteiger partial charge in [-0.3, -0.25) is 14.4 Å². The lowest BCUT2D eigenvalue weighted by molar-refractivity contribution is -0.124. The van der Waals surface area contributed by atoms with Crippen LogP contribution in [0.1, 0.15) is 54.8 Å². The molecule has 32 heavy (non-hydrogen) atoms. The number of anilines is 1. The summed E-state index contributed by atoms with van der Waals surface area (Å²) in [5.41, 5.74) is 1.10. The summed E-state index contributed by atoms with van der Waals surface area (Å²) in [4.78, 5) is 38.5. The van der Waals surface area contributed by atoms with Gasteiger partial charge >= 0.3 is 0 Å².